The monoisotopic (exact) mass is 309 g/mol. The van der Waals surface area contributed by atoms with E-state index in [0.717, 1.165) is 37.4 Å². The lowest BCUT2D eigenvalue weighted by Gasteiger charge is -2.28. The average molecular weight is 309 g/mol. The molecule has 1 aromatic carbocycles. The standard InChI is InChI=1S/C18H19N3O2/c22-18(23)14-3-1-2-12(8-14)10-21-7-6-16-15(11-21)9-19-17(20-16)13-4-5-13/h1-3,8-9,13H,4-7,10-11H2,(H,22,23). The summed E-state index contributed by atoms with van der Waals surface area (Å²) in [5.74, 6) is 0.736. The van der Waals surface area contributed by atoms with Gasteiger partial charge in [-0.1, -0.05) is 12.1 Å². The molecule has 118 valence electrons. The van der Waals surface area contributed by atoms with Crippen molar-refractivity contribution in [2.75, 3.05) is 6.54 Å². The van der Waals surface area contributed by atoms with Gasteiger partial charge in [0.25, 0.3) is 0 Å². The third-order valence-electron chi connectivity index (χ3n) is 4.55. The zero-order valence-electron chi connectivity index (χ0n) is 12.9. The van der Waals surface area contributed by atoms with Crippen LogP contribution in [0.5, 0.6) is 0 Å². The van der Waals surface area contributed by atoms with Crippen molar-refractivity contribution < 1.29 is 9.90 Å². The van der Waals surface area contributed by atoms with Gasteiger partial charge in [-0.05, 0) is 30.5 Å². The van der Waals surface area contributed by atoms with Crippen LogP contribution in [0.4, 0.5) is 0 Å². The Kier molecular flexibility index (Phi) is 3.58. The Labute approximate surface area is 135 Å². The van der Waals surface area contributed by atoms with E-state index in [1.807, 2.05) is 18.3 Å². The van der Waals surface area contributed by atoms with Crippen LogP contribution in [0.15, 0.2) is 30.5 Å². The molecular weight excluding hydrogens is 290 g/mol. The maximum absolute atomic E-state index is 11.1. The fourth-order valence-electron chi connectivity index (χ4n) is 3.12. The minimum atomic E-state index is -0.878. The van der Waals surface area contributed by atoms with E-state index in [0.29, 0.717) is 11.5 Å². The summed E-state index contributed by atoms with van der Waals surface area (Å²) in [5.41, 5.74) is 3.77. The summed E-state index contributed by atoms with van der Waals surface area (Å²) in [5, 5.41) is 9.09. The molecule has 1 fully saturated rings. The number of benzene rings is 1. The molecule has 0 spiro atoms. The lowest BCUT2D eigenvalue weighted by molar-refractivity contribution is 0.0696. The van der Waals surface area contributed by atoms with E-state index in [1.54, 1.807) is 12.1 Å². The quantitative estimate of drug-likeness (QED) is 0.940. The molecule has 0 radical (unpaired) electrons. The number of nitrogens with zero attached hydrogens (tertiary/aromatic N) is 3. The van der Waals surface area contributed by atoms with Gasteiger partial charge in [-0.25, -0.2) is 14.8 Å². The summed E-state index contributed by atoms with van der Waals surface area (Å²) in [6.45, 7) is 2.54. The van der Waals surface area contributed by atoms with E-state index >= 15 is 0 Å². The smallest absolute Gasteiger partial charge is 0.335 e. The summed E-state index contributed by atoms with van der Waals surface area (Å²) < 4.78 is 0. The van der Waals surface area contributed by atoms with Gasteiger partial charge in [0, 0.05) is 49.4 Å². The van der Waals surface area contributed by atoms with Gasteiger partial charge < -0.3 is 5.11 Å². The number of carbonyl (C=O) groups is 1. The third kappa shape index (κ3) is 3.10. The van der Waals surface area contributed by atoms with Crippen LogP contribution in [0, 0.1) is 0 Å². The fourth-order valence-corrected chi connectivity index (χ4v) is 3.12. The molecule has 0 amide bonds. The maximum atomic E-state index is 11.1. The number of aromatic nitrogens is 2. The zero-order chi connectivity index (χ0) is 15.8. The largest absolute Gasteiger partial charge is 0.478 e. The lowest BCUT2D eigenvalue weighted by atomic mass is 10.1. The molecule has 0 bridgehead atoms. The van der Waals surface area contributed by atoms with Gasteiger partial charge in [0.15, 0.2) is 0 Å². The van der Waals surface area contributed by atoms with Crippen molar-refractivity contribution in [2.24, 2.45) is 0 Å². The Morgan fingerprint density at radius 3 is 3.00 bits per heavy atom. The highest BCUT2D eigenvalue weighted by Crippen LogP contribution is 2.38. The Morgan fingerprint density at radius 1 is 1.35 bits per heavy atom. The van der Waals surface area contributed by atoms with Crippen LogP contribution >= 0.6 is 0 Å². The molecular formula is C18H19N3O2. The van der Waals surface area contributed by atoms with E-state index in [-0.39, 0.29) is 0 Å². The van der Waals surface area contributed by atoms with Crippen LogP contribution in [0.2, 0.25) is 0 Å². The van der Waals surface area contributed by atoms with Gasteiger partial charge in [0.05, 0.1) is 5.56 Å². The van der Waals surface area contributed by atoms with Crippen molar-refractivity contribution in [3.63, 3.8) is 0 Å². The highest BCUT2D eigenvalue weighted by atomic mass is 16.4. The molecule has 5 nitrogen and oxygen atoms in total. The van der Waals surface area contributed by atoms with E-state index in [1.165, 1.54) is 24.1 Å². The Balaban J connectivity index is 1.47. The number of fused-ring (bicyclic) bond motifs is 1. The van der Waals surface area contributed by atoms with E-state index in [9.17, 15) is 4.79 Å². The Hall–Kier alpha value is -2.27. The first-order valence-electron chi connectivity index (χ1n) is 8.08. The van der Waals surface area contributed by atoms with Crippen molar-refractivity contribution in [3.8, 4) is 0 Å². The summed E-state index contributed by atoms with van der Waals surface area (Å²) >= 11 is 0. The molecule has 1 saturated carbocycles. The summed E-state index contributed by atoms with van der Waals surface area (Å²) in [6, 6.07) is 7.17. The molecule has 4 rings (SSSR count). The predicted molar refractivity (Wildman–Crippen MR) is 85.2 cm³/mol. The minimum Gasteiger partial charge on any atom is -0.478 e. The van der Waals surface area contributed by atoms with Gasteiger partial charge in [-0.15, -0.1) is 0 Å². The predicted octanol–water partition coefficient (Wildman–Crippen LogP) is 2.61. The molecule has 0 saturated heterocycles. The molecule has 1 aliphatic carbocycles. The van der Waals surface area contributed by atoms with Crippen molar-refractivity contribution in [3.05, 3.63) is 58.7 Å². The van der Waals surface area contributed by atoms with Crippen molar-refractivity contribution in [2.45, 2.75) is 38.3 Å². The second kappa shape index (κ2) is 5.74. The summed E-state index contributed by atoms with van der Waals surface area (Å²) in [4.78, 5) is 22.6. The van der Waals surface area contributed by atoms with Gasteiger partial charge in [0.1, 0.15) is 5.82 Å². The van der Waals surface area contributed by atoms with E-state index in [4.69, 9.17) is 10.1 Å². The third-order valence-corrected chi connectivity index (χ3v) is 4.55. The number of aromatic carboxylic acids is 1. The first-order valence-corrected chi connectivity index (χ1v) is 8.08. The van der Waals surface area contributed by atoms with E-state index < -0.39 is 5.97 Å². The zero-order valence-corrected chi connectivity index (χ0v) is 12.9. The van der Waals surface area contributed by atoms with Gasteiger partial charge in [-0.2, -0.15) is 0 Å². The minimum absolute atomic E-state index is 0.345. The lowest BCUT2D eigenvalue weighted by Crippen LogP contribution is -2.31. The van der Waals surface area contributed by atoms with Crippen LogP contribution < -0.4 is 0 Å². The molecule has 2 heterocycles. The SMILES string of the molecule is O=C(O)c1cccc(CN2CCc3nc(C4CC4)ncc3C2)c1. The molecule has 2 aliphatic rings. The number of carboxylic acids is 1. The molecule has 5 heteroatoms. The second-order valence-electron chi connectivity index (χ2n) is 6.44. The molecule has 1 aromatic heterocycles. The topological polar surface area (TPSA) is 66.3 Å². The van der Waals surface area contributed by atoms with Crippen molar-refractivity contribution >= 4 is 5.97 Å². The second-order valence-corrected chi connectivity index (χ2v) is 6.44. The van der Waals surface area contributed by atoms with Crippen LogP contribution in [0.1, 0.15) is 51.8 Å². The highest BCUT2D eigenvalue weighted by Gasteiger charge is 2.28. The van der Waals surface area contributed by atoms with Gasteiger partial charge in [-0.3, -0.25) is 4.90 Å². The van der Waals surface area contributed by atoms with Crippen LogP contribution in [0.25, 0.3) is 0 Å². The molecule has 0 atom stereocenters. The van der Waals surface area contributed by atoms with Crippen LogP contribution in [0.3, 0.4) is 0 Å². The summed E-state index contributed by atoms with van der Waals surface area (Å²) in [7, 11) is 0. The molecule has 23 heavy (non-hydrogen) atoms. The van der Waals surface area contributed by atoms with Crippen LogP contribution in [-0.4, -0.2) is 32.5 Å². The first kappa shape index (κ1) is 14.3. The highest BCUT2D eigenvalue weighted by molar-refractivity contribution is 5.87. The summed E-state index contributed by atoms with van der Waals surface area (Å²) in [6.07, 6.45) is 5.38. The van der Waals surface area contributed by atoms with Crippen molar-refractivity contribution in [1.29, 1.82) is 0 Å². The first-order chi connectivity index (χ1) is 11.2. The number of hydrogen-bond acceptors (Lipinski definition) is 4. The number of hydrogen-bond donors (Lipinski definition) is 1. The maximum Gasteiger partial charge on any atom is 0.335 e. The molecule has 1 N–H and O–H groups in total. The normalized spacial score (nSPS) is 17.7. The molecule has 0 unspecified atom stereocenters. The van der Waals surface area contributed by atoms with Gasteiger partial charge >= 0.3 is 5.97 Å². The Bertz CT molecular complexity index is 756. The number of carboxylic acid groups (broad SMARTS) is 1. The fraction of sp³-hybridized carbons (Fsp3) is 0.389. The molecule has 2 aromatic rings. The average Bonchev–Trinajstić information content (AvgIpc) is 3.39. The van der Waals surface area contributed by atoms with Crippen LogP contribution in [-0.2, 0) is 19.5 Å². The number of rotatable bonds is 4. The van der Waals surface area contributed by atoms with Gasteiger partial charge in [0.2, 0.25) is 0 Å². The molecule has 1 aliphatic heterocycles. The van der Waals surface area contributed by atoms with E-state index in [2.05, 4.69) is 9.88 Å². The van der Waals surface area contributed by atoms with Crippen molar-refractivity contribution in [1.82, 2.24) is 14.9 Å². The Morgan fingerprint density at radius 2 is 2.22 bits per heavy atom.